The Balaban J connectivity index is 1.73. The number of ether oxygens (including phenoxy) is 1. The quantitative estimate of drug-likeness (QED) is 0.820. The van der Waals surface area contributed by atoms with E-state index in [4.69, 9.17) is 9.15 Å². The molecule has 3 rings (SSSR count). The molecule has 1 saturated heterocycles. The van der Waals surface area contributed by atoms with Crippen molar-refractivity contribution in [1.29, 1.82) is 0 Å². The Hall–Kier alpha value is -2.30. The molecule has 0 saturated carbocycles. The summed E-state index contributed by atoms with van der Waals surface area (Å²) >= 11 is 0. The smallest absolute Gasteiger partial charge is 0.322 e. The molecule has 1 aliphatic rings. The first-order valence-corrected chi connectivity index (χ1v) is 10.1. The summed E-state index contributed by atoms with van der Waals surface area (Å²) in [5.74, 6) is -0.0421. The van der Waals surface area contributed by atoms with Crippen LogP contribution in [0.1, 0.15) is 37.0 Å². The zero-order chi connectivity index (χ0) is 19.6. The Morgan fingerprint density at radius 3 is 2.37 bits per heavy atom. The van der Waals surface area contributed by atoms with Crippen molar-refractivity contribution < 1.29 is 22.4 Å². The minimum absolute atomic E-state index is 0.00448. The Morgan fingerprint density at radius 2 is 1.81 bits per heavy atom. The number of sulfonamides is 1. The van der Waals surface area contributed by atoms with Crippen LogP contribution in [0.25, 0.3) is 0 Å². The van der Waals surface area contributed by atoms with Crippen molar-refractivity contribution >= 4 is 21.9 Å². The summed E-state index contributed by atoms with van der Waals surface area (Å²) in [7, 11) is -3.65. The van der Waals surface area contributed by atoms with Crippen molar-refractivity contribution in [3.05, 3.63) is 35.7 Å². The summed E-state index contributed by atoms with van der Waals surface area (Å²) in [6, 6.07) is 5.74. The van der Waals surface area contributed by atoms with Crippen LogP contribution in [0.5, 0.6) is 0 Å². The van der Waals surface area contributed by atoms with E-state index >= 15 is 0 Å². The molecule has 1 N–H and O–H groups in total. The number of aryl methyl sites for hydroxylation is 1. The molecule has 1 aromatic carbocycles. The van der Waals surface area contributed by atoms with Crippen LogP contribution in [0.3, 0.4) is 0 Å². The van der Waals surface area contributed by atoms with E-state index in [1.807, 2.05) is 20.8 Å². The van der Waals surface area contributed by atoms with Crippen molar-refractivity contribution in [2.24, 2.45) is 0 Å². The molecule has 1 aromatic heterocycles. The topological polar surface area (TPSA) is 115 Å². The largest absolute Gasteiger partial charge is 0.408 e. The number of aromatic nitrogens is 2. The Kier molecular flexibility index (Phi) is 5.59. The summed E-state index contributed by atoms with van der Waals surface area (Å²) in [4.78, 5) is 12.4. The van der Waals surface area contributed by atoms with Crippen LogP contribution in [0.15, 0.2) is 33.6 Å². The van der Waals surface area contributed by atoms with Gasteiger partial charge in [0.25, 0.3) is 5.91 Å². The molecule has 1 aliphatic heterocycles. The first kappa shape index (κ1) is 19.5. The van der Waals surface area contributed by atoms with Gasteiger partial charge in [-0.05, 0) is 38.1 Å². The maximum atomic E-state index is 12.8. The molecule has 2 heterocycles. The van der Waals surface area contributed by atoms with Gasteiger partial charge in [-0.25, -0.2) is 8.42 Å². The third-order valence-electron chi connectivity index (χ3n) is 4.13. The summed E-state index contributed by atoms with van der Waals surface area (Å²) in [6.07, 6.45) is 0.223. The van der Waals surface area contributed by atoms with Crippen LogP contribution in [0, 0.1) is 0 Å². The molecular weight excluding hydrogens is 372 g/mol. The zero-order valence-electron chi connectivity index (χ0n) is 15.4. The van der Waals surface area contributed by atoms with E-state index in [0.717, 1.165) is 0 Å². The first-order valence-electron chi connectivity index (χ1n) is 8.69. The van der Waals surface area contributed by atoms with Crippen molar-refractivity contribution in [3.63, 3.8) is 0 Å². The molecule has 1 amide bonds. The third-order valence-corrected chi connectivity index (χ3v) is 5.98. The maximum absolute atomic E-state index is 12.8. The number of hydrogen-bond donors (Lipinski definition) is 1. The molecule has 146 valence electrons. The lowest BCUT2D eigenvalue weighted by Gasteiger charge is -2.34. The molecular formula is C17H22N4O5S. The number of nitrogens with zero attached hydrogens (tertiary/aromatic N) is 3. The number of nitrogens with one attached hydrogen (secondary N) is 1. The highest BCUT2D eigenvalue weighted by molar-refractivity contribution is 7.89. The van der Waals surface area contributed by atoms with E-state index < -0.39 is 15.9 Å². The second-order valence-corrected chi connectivity index (χ2v) is 8.35. The molecule has 0 spiro atoms. The Morgan fingerprint density at radius 1 is 1.19 bits per heavy atom. The Bertz CT molecular complexity index is 900. The summed E-state index contributed by atoms with van der Waals surface area (Å²) in [5, 5.41) is 9.98. The summed E-state index contributed by atoms with van der Waals surface area (Å²) in [5.41, 5.74) is 0.286. The standard InChI is InChI=1S/C17H22N4O5S/c1-4-15-19-20-17(26-15)18-16(22)13-5-7-14(8-6-13)27(23,24)21-9-11(2)25-12(3)10-21/h5-8,11-12H,4,9-10H2,1-3H3,(H,18,20,22). The third kappa shape index (κ3) is 4.34. The number of carbonyl (C=O) groups excluding carboxylic acids is 1. The number of morpholine rings is 1. The highest BCUT2D eigenvalue weighted by Crippen LogP contribution is 2.21. The van der Waals surface area contributed by atoms with Crippen molar-refractivity contribution in [3.8, 4) is 0 Å². The minimum atomic E-state index is -3.65. The predicted octanol–water partition coefficient (Wildman–Crippen LogP) is 1.68. The van der Waals surface area contributed by atoms with Crippen LogP contribution in [-0.2, 0) is 21.2 Å². The van der Waals surface area contributed by atoms with Gasteiger partial charge >= 0.3 is 6.01 Å². The van der Waals surface area contributed by atoms with E-state index in [1.54, 1.807) is 0 Å². The predicted molar refractivity (Wildman–Crippen MR) is 96.8 cm³/mol. The minimum Gasteiger partial charge on any atom is -0.408 e. The summed E-state index contributed by atoms with van der Waals surface area (Å²) in [6.45, 7) is 6.13. The van der Waals surface area contributed by atoms with Gasteiger partial charge in [0.05, 0.1) is 17.1 Å². The van der Waals surface area contributed by atoms with E-state index in [9.17, 15) is 13.2 Å². The fourth-order valence-corrected chi connectivity index (χ4v) is 4.46. The summed E-state index contributed by atoms with van der Waals surface area (Å²) < 4.78 is 37.9. The van der Waals surface area contributed by atoms with Gasteiger partial charge in [0.15, 0.2) is 0 Å². The van der Waals surface area contributed by atoms with Crippen LogP contribution in [0.4, 0.5) is 6.01 Å². The van der Waals surface area contributed by atoms with Gasteiger partial charge in [0.1, 0.15) is 0 Å². The first-order chi connectivity index (χ1) is 12.8. The van der Waals surface area contributed by atoms with Gasteiger partial charge in [-0.1, -0.05) is 12.0 Å². The van der Waals surface area contributed by atoms with E-state index in [2.05, 4.69) is 15.5 Å². The maximum Gasteiger partial charge on any atom is 0.322 e. The van der Waals surface area contributed by atoms with Gasteiger partial charge in [0.2, 0.25) is 15.9 Å². The average molecular weight is 394 g/mol. The van der Waals surface area contributed by atoms with Crippen molar-refractivity contribution in [1.82, 2.24) is 14.5 Å². The van der Waals surface area contributed by atoms with Crippen molar-refractivity contribution in [2.45, 2.75) is 44.3 Å². The second kappa shape index (κ2) is 7.75. The molecule has 0 aliphatic carbocycles. The zero-order valence-corrected chi connectivity index (χ0v) is 16.2. The fraction of sp³-hybridized carbons (Fsp3) is 0.471. The van der Waals surface area contributed by atoms with Crippen LogP contribution >= 0.6 is 0 Å². The van der Waals surface area contributed by atoms with E-state index in [-0.39, 0.29) is 28.7 Å². The van der Waals surface area contributed by atoms with E-state index in [1.165, 1.54) is 28.6 Å². The molecule has 0 bridgehead atoms. The van der Waals surface area contributed by atoms with Crippen LogP contribution in [-0.4, -0.2) is 54.1 Å². The van der Waals surface area contributed by atoms with Gasteiger partial charge in [0, 0.05) is 25.1 Å². The van der Waals surface area contributed by atoms with Gasteiger partial charge in [-0.2, -0.15) is 4.31 Å². The lowest BCUT2D eigenvalue weighted by Crippen LogP contribution is -2.48. The van der Waals surface area contributed by atoms with Crippen LogP contribution in [0.2, 0.25) is 0 Å². The highest BCUT2D eigenvalue weighted by atomic mass is 32.2. The number of benzene rings is 1. The van der Waals surface area contributed by atoms with Gasteiger partial charge < -0.3 is 9.15 Å². The Labute approximate surface area is 157 Å². The number of amides is 1. The normalized spacial score (nSPS) is 21.1. The SMILES string of the molecule is CCc1nnc(NC(=O)c2ccc(S(=O)(=O)N3CC(C)OC(C)C3)cc2)o1. The van der Waals surface area contributed by atoms with Gasteiger partial charge in [-0.15, -0.1) is 5.10 Å². The van der Waals surface area contributed by atoms with Crippen molar-refractivity contribution in [2.75, 3.05) is 18.4 Å². The molecule has 2 aromatic rings. The lowest BCUT2D eigenvalue weighted by molar-refractivity contribution is -0.0440. The molecule has 27 heavy (non-hydrogen) atoms. The van der Waals surface area contributed by atoms with E-state index in [0.29, 0.717) is 25.4 Å². The highest BCUT2D eigenvalue weighted by Gasteiger charge is 2.32. The number of rotatable bonds is 5. The second-order valence-electron chi connectivity index (χ2n) is 6.41. The fourth-order valence-electron chi connectivity index (χ4n) is 2.87. The molecule has 10 heteroatoms. The molecule has 2 atom stereocenters. The average Bonchev–Trinajstić information content (AvgIpc) is 3.08. The molecule has 0 radical (unpaired) electrons. The lowest BCUT2D eigenvalue weighted by atomic mass is 10.2. The molecule has 9 nitrogen and oxygen atoms in total. The number of carbonyl (C=O) groups is 1. The number of hydrogen-bond acceptors (Lipinski definition) is 7. The number of anilines is 1. The van der Waals surface area contributed by atoms with Gasteiger partial charge in [-0.3, -0.25) is 10.1 Å². The molecule has 1 fully saturated rings. The monoisotopic (exact) mass is 394 g/mol. The molecule has 2 unspecified atom stereocenters. The van der Waals surface area contributed by atoms with Crippen LogP contribution < -0.4 is 5.32 Å².